The van der Waals surface area contributed by atoms with E-state index in [2.05, 4.69) is 0 Å². The molecule has 0 aliphatic carbocycles. The van der Waals surface area contributed by atoms with Crippen molar-refractivity contribution in [3.8, 4) is 0 Å². The third-order valence-corrected chi connectivity index (χ3v) is 16.1. The predicted molar refractivity (Wildman–Crippen MR) is 263 cm³/mol. The average Bonchev–Trinajstić information content (AvgIpc) is 3.83. The molecule has 408 valence electrons. The van der Waals surface area contributed by atoms with Gasteiger partial charge in [-0.25, -0.2) is 38.5 Å². The predicted octanol–water partition coefficient (Wildman–Crippen LogP) is 3.68. The van der Waals surface area contributed by atoms with Crippen LogP contribution in [-0.4, -0.2) is 150 Å². The van der Waals surface area contributed by atoms with Gasteiger partial charge in [0.05, 0.1) is 68.5 Å². The number of rotatable bonds is 30. The second-order valence-electron chi connectivity index (χ2n) is 18.1. The van der Waals surface area contributed by atoms with E-state index in [-0.39, 0.29) is 77.9 Å². The van der Waals surface area contributed by atoms with Crippen LogP contribution in [0.4, 0.5) is 11.4 Å². The first-order valence-electron chi connectivity index (χ1n) is 23.6. The summed E-state index contributed by atoms with van der Waals surface area (Å²) in [5.41, 5.74) is 0.782. The molecule has 0 spiro atoms. The number of unbranched alkanes of at least 4 members (excludes halogenated alkanes) is 2. The molecule has 0 N–H and O–H groups in total. The van der Waals surface area contributed by atoms with Crippen LogP contribution in [0, 0.1) is 0 Å². The number of fused-ring (bicyclic) bond motifs is 2. The lowest BCUT2D eigenvalue weighted by Gasteiger charge is -2.30. The van der Waals surface area contributed by atoms with E-state index in [0.29, 0.717) is 71.4 Å². The minimum Gasteiger partial charge on any atom is -0.748 e. The third kappa shape index (κ3) is 16.3. The fourth-order valence-electron chi connectivity index (χ4n) is 9.21. The number of carbonyl (C=O) groups excluding carboxylic acids is 3. The molecule has 2 atom stereocenters. The largest absolute Gasteiger partial charge is 0.748 e. The summed E-state index contributed by atoms with van der Waals surface area (Å²) in [5, 5.41) is 0.470. The standard InChI is InChI=1S/C48H63N3O19S4/c1-47(23-12-32-71(55,56)57)38-34-36(73(61,62)63)17-19-40(38)49(25-11-7-10-16-46(54)70-51-44(52)21-22-45(51)53)42(47)14-8-5-4-6-9-15-43-48(2,24-13-33-72(58,59)60)39-35-37(74(64,65)66)18-20-41(39)50(43)26-27-68-30-31-69-29-28-67-3/h4-6,8-9,14-15,17-20,34-35H,7,10-13,16,21-33H2,1-3H3,(H3-,55,56,57,58,59,60,61,62,63,64,65,66)/p-3. The van der Waals surface area contributed by atoms with Crippen molar-refractivity contribution in [2.45, 2.75) is 98.7 Å². The lowest BCUT2D eigenvalue weighted by molar-refractivity contribution is -0.438. The zero-order valence-corrected chi connectivity index (χ0v) is 44.4. The molecule has 2 aromatic rings. The monoisotopic (exact) mass is 1110 g/mol. The number of hydrogen-bond donors (Lipinski definition) is 0. The summed E-state index contributed by atoms with van der Waals surface area (Å²) >= 11 is 0. The number of methoxy groups -OCH3 is 1. The second kappa shape index (κ2) is 25.7. The molecule has 1 fully saturated rings. The summed E-state index contributed by atoms with van der Waals surface area (Å²) in [5.74, 6) is -3.38. The normalized spacial score (nSPS) is 20.1. The molecule has 0 bridgehead atoms. The maximum atomic E-state index is 12.4. The number of hydrogen-bond acceptors (Lipinski definition) is 20. The number of amides is 2. The van der Waals surface area contributed by atoms with Gasteiger partial charge in [-0.1, -0.05) is 30.4 Å². The van der Waals surface area contributed by atoms with Gasteiger partial charge in [-0.2, -0.15) is 4.58 Å². The summed E-state index contributed by atoms with van der Waals surface area (Å²) < 4.78 is 162. The van der Waals surface area contributed by atoms with Crippen molar-refractivity contribution < 1.29 is 89.9 Å². The number of imide groups is 1. The van der Waals surface area contributed by atoms with Crippen LogP contribution in [-0.2, 0) is 84.7 Å². The first kappa shape index (κ1) is 59.9. The number of hydroxylamine groups is 2. The van der Waals surface area contributed by atoms with Crippen LogP contribution >= 0.6 is 0 Å². The van der Waals surface area contributed by atoms with Crippen molar-refractivity contribution in [2.75, 3.05) is 69.6 Å². The van der Waals surface area contributed by atoms with Gasteiger partial charge < -0.3 is 42.2 Å². The van der Waals surface area contributed by atoms with E-state index in [1.54, 1.807) is 63.5 Å². The van der Waals surface area contributed by atoms with Crippen LogP contribution in [0.2, 0.25) is 0 Å². The highest BCUT2D eigenvalue weighted by atomic mass is 32.2. The van der Waals surface area contributed by atoms with E-state index in [1.807, 2.05) is 9.48 Å². The smallest absolute Gasteiger partial charge is 0.333 e. The van der Waals surface area contributed by atoms with E-state index in [9.17, 15) is 66.3 Å². The van der Waals surface area contributed by atoms with Gasteiger partial charge in [0.25, 0.3) is 11.8 Å². The quantitative estimate of drug-likeness (QED) is 0.0354. The molecule has 3 aliphatic heterocycles. The molecule has 0 aromatic heterocycles. The van der Waals surface area contributed by atoms with Gasteiger partial charge in [0.15, 0.2) is 5.71 Å². The Bertz CT molecular complexity index is 3010. The maximum absolute atomic E-state index is 12.4. The third-order valence-electron chi connectivity index (χ3n) is 12.8. The van der Waals surface area contributed by atoms with E-state index in [0.717, 1.165) is 0 Å². The summed E-state index contributed by atoms with van der Waals surface area (Å²) in [6.07, 6.45) is 12.7. The fourth-order valence-corrected chi connectivity index (χ4v) is 11.2. The van der Waals surface area contributed by atoms with Crippen molar-refractivity contribution in [3.05, 3.63) is 95.8 Å². The van der Waals surface area contributed by atoms with Gasteiger partial charge in [0.2, 0.25) is 5.69 Å². The Morgan fingerprint density at radius 3 is 1.84 bits per heavy atom. The molecule has 5 rings (SSSR count). The molecule has 74 heavy (non-hydrogen) atoms. The highest BCUT2D eigenvalue weighted by Gasteiger charge is 2.48. The van der Waals surface area contributed by atoms with Crippen molar-refractivity contribution in [1.82, 2.24) is 5.06 Å². The zero-order chi connectivity index (χ0) is 54.5. The van der Waals surface area contributed by atoms with Crippen molar-refractivity contribution in [1.29, 1.82) is 0 Å². The summed E-state index contributed by atoms with van der Waals surface area (Å²) in [6.45, 7) is 5.49. The summed E-state index contributed by atoms with van der Waals surface area (Å²) in [6, 6.07) is 7.81. The van der Waals surface area contributed by atoms with Crippen LogP contribution in [0.5, 0.6) is 0 Å². The Morgan fingerprint density at radius 1 is 0.676 bits per heavy atom. The molecule has 3 aliphatic rings. The first-order valence-corrected chi connectivity index (χ1v) is 29.6. The van der Waals surface area contributed by atoms with Crippen molar-refractivity contribution >= 4 is 75.3 Å². The van der Waals surface area contributed by atoms with Gasteiger partial charge in [0, 0.05) is 85.3 Å². The van der Waals surface area contributed by atoms with Gasteiger partial charge in [-0.15, -0.1) is 5.06 Å². The lowest BCUT2D eigenvalue weighted by atomic mass is 9.76. The Kier molecular flexibility index (Phi) is 20.8. The molecule has 26 heteroatoms. The molecule has 2 aromatic carbocycles. The van der Waals surface area contributed by atoms with Crippen LogP contribution in [0.15, 0.2) is 94.4 Å². The maximum Gasteiger partial charge on any atom is 0.333 e. The Labute approximate surface area is 432 Å². The minimum absolute atomic E-state index is 0.0464. The van der Waals surface area contributed by atoms with Gasteiger partial charge in [0.1, 0.15) is 26.8 Å². The van der Waals surface area contributed by atoms with Crippen LogP contribution in [0.1, 0.15) is 89.2 Å². The Morgan fingerprint density at radius 2 is 1.23 bits per heavy atom. The molecular weight excluding hydrogens is 1050 g/mol. The SMILES string of the molecule is COCCOCCOCCN1/C(=C/C=C/C=C/C=C/C2=[N+](CCCCCC(=O)ON3C(=O)CCC3=O)c3ccc(S(=O)(=O)[O-])cc3C2(C)CCCS(=O)(=O)[O-])C(C)(CCCS(=O)(=O)[O-])c2cc(S(=O)(=O)[O-])ccc21. The van der Waals surface area contributed by atoms with E-state index in [4.69, 9.17) is 19.0 Å². The van der Waals surface area contributed by atoms with Crippen LogP contribution < -0.4 is 4.90 Å². The minimum atomic E-state index is -4.94. The van der Waals surface area contributed by atoms with Gasteiger partial charge in [-0.3, -0.25) is 9.59 Å². The number of anilines is 1. The Hall–Kier alpha value is -5.00. The molecule has 3 heterocycles. The lowest BCUT2D eigenvalue weighted by Crippen LogP contribution is -2.32. The summed E-state index contributed by atoms with van der Waals surface area (Å²) in [7, 11) is -17.6. The zero-order valence-electron chi connectivity index (χ0n) is 41.2. The molecule has 2 unspecified atom stereocenters. The average molecular weight is 1110 g/mol. The highest BCUT2D eigenvalue weighted by Crippen LogP contribution is 2.51. The van der Waals surface area contributed by atoms with E-state index >= 15 is 0 Å². The molecule has 2 amide bonds. The highest BCUT2D eigenvalue weighted by molar-refractivity contribution is 7.86. The number of ether oxygens (including phenoxy) is 3. The van der Waals surface area contributed by atoms with Crippen molar-refractivity contribution in [2.24, 2.45) is 0 Å². The van der Waals surface area contributed by atoms with Crippen LogP contribution in [0.25, 0.3) is 0 Å². The number of allylic oxidation sites excluding steroid dienone is 8. The Balaban J connectivity index is 1.45. The van der Waals surface area contributed by atoms with Crippen molar-refractivity contribution in [3.63, 3.8) is 0 Å². The molecule has 22 nitrogen and oxygen atoms in total. The van der Waals surface area contributed by atoms with E-state index < -0.39 is 90.4 Å². The molecular formula is C48H60N3O19S4-3. The topological polar surface area (TPSA) is 326 Å². The molecule has 1 saturated heterocycles. The number of benzene rings is 2. The molecule has 0 saturated carbocycles. The number of nitrogens with zero attached hydrogens (tertiary/aromatic N) is 3. The number of carbonyl (C=O) groups is 3. The summed E-state index contributed by atoms with van der Waals surface area (Å²) in [4.78, 5) is 42.0. The molecule has 0 radical (unpaired) electrons. The van der Waals surface area contributed by atoms with Gasteiger partial charge >= 0.3 is 5.97 Å². The second-order valence-corrected chi connectivity index (χ2v) is 23.9. The van der Waals surface area contributed by atoms with E-state index in [1.165, 1.54) is 36.4 Å². The fraction of sp³-hybridized carbons (Fsp3) is 0.500. The van der Waals surface area contributed by atoms with Gasteiger partial charge in [-0.05, 0) is 94.3 Å². The van der Waals surface area contributed by atoms with Crippen LogP contribution in [0.3, 0.4) is 0 Å². The first-order chi connectivity index (χ1) is 34.7.